The number of pyridine rings is 1. The molecule has 1 saturated heterocycles. The first-order valence-corrected chi connectivity index (χ1v) is 6.07. The number of hydrogen-bond acceptors (Lipinski definition) is 4. The fourth-order valence-corrected chi connectivity index (χ4v) is 2.16. The Bertz CT molecular complexity index is 450. The average molecular weight is 275 g/mol. The van der Waals surface area contributed by atoms with Crippen molar-refractivity contribution in [3.63, 3.8) is 0 Å². The molecule has 0 saturated carbocycles. The number of alkyl halides is 3. The van der Waals surface area contributed by atoms with E-state index in [0.29, 0.717) is 18.9 Å². The predicted molar refractivity (Wildman–Crippen MR) is 66.2 cm³/mol. The summed E-state index contributed by atoms with van der Waals surface area (Å²) in [4.78, 5) is 5.92. The highest BCUT2D eigenvalue weighted by Gasteiger charge is 2.33. The van der Waals surface area contributed by atoms with E-state index in [1.165, 1.54) is 7.05 Å². The molecule has 19 heavy (non-hydrogen) atoms. The highest BCUT2D eigenvalue weighted by molar-refractivity contribution is 5.51. The largest absolute Gasteiger partial charge is 0.416 e. The predicted octanol–water partition coefficient (Wildman–Crippen LogP) is 1.96. The zero-order valence-electron chi connectivity index (χ0n) is 10.5. The Morgan fingerprint density at radius 2 is 2.21 bits per heavy atom. The van der Waals surface area contributed by atoms with Crippen LogP contribution in [0.1, 0.15) is 12.0 Å². The summed E-state index contributed by atoms with van der Waals surface area (Å²) in [5, 5.41) is 11.7. The number of halogens is 3. The Balaban J connectivity index is 2.30. The van der Waals surface area contributed by atoms with E-state index >= 15 is 0 Å². The van der Waals surface area contributed by atoms with Gasteiger partial charge in [-0.1, -0.05) is 0 Å². The Morgan fingerprint density at radius 1 is 1.47 bits per heavy atom. The Kier molecular flexibility index (Phi) is 3.84. The molecule has 0 aromatic carbocycles. The minimum Gasteiger partial charge on any atom is -0.396 e. The van der Waals surface area contributed by atoms with Gasteiger partial charge in [0.15, 0.2) is 0 Å². The molecule has 2 heterocycles. The molecule has 1 aliphatic heterocycles. The zero-order valence-corrected chi connectivity index (χ0v) is 10.5. The first-order valence-electron chi connectivity index (χ1n) is 6.07. The summed E-state index contributed by atoms with van der Waals surface area (Å²) >= 11 is 0. The maximum atomic E-state index is 12.8. The van der Waals surface area contributed by atoms with Crippen molar-refractivity contribution in [2.45, 2.75) is 12.6 Å². The van der Waals surface area contributed by atoms with Crippen molar-refractivity contribution in [3.05, 3.63) is 17.7 Å². The van der Waals surface area contributed by atoms with Crippen LogP contribution in [-0.4, -0.2) is 36.8 Å². The Hall–Kier alpha value is -1.50. The van der Waals surface area contributed by atoms with Crippen LogP contribution in [0, 0.1) is 5.92 Å². The number of hydrogen-bond donors (Lipinski definition) is 2. The SMILES string of the molecule is CNc1cc(C(F)(F)F)cc(N2CCC(CO)C2)n1. The maximum absolute atomic E-state index is 12.8. The summed E-state index contributed by atoms with van der Waals surface area (Å²) in [6, 6.07) is 2.05. The van der Waals surface area contributed by atoms with E-state index < -0.39 is 11.7 Å². The summed E-state index contributed by atoms with van der Waals surface area (Å²) in [6.45, 7) is 1.20. The van der Waals surface area contributed by atoms with Gasteiger partial charge < -0.3 is 15.3 Å². The van der Waals surface area contributed by atoms with Gasteiger partial charge in [0.05, 0.1) is 5.56 Å². The third-order valence-electron chi connectivity index (χ3n) is 3.26. The molecule has 1 aromatic rings. The quantitative estimate of drug-likeness (QED) is 0.885. The van der Waals surface area contributed by atoms with Crippen molar-refractivity contribution in [1.29, 1.82) is 0 Å². The van der Waals surface area contributed by atoms with Gasteiger partial charge in [-0.2, -0.15) is 13.2 Å². The van der Waals surface area contributed by atoms with Crippen LogP contribution in [0.5, 0.6) is 0 Å². The van der Waals surface area contributed by atoms with Crippen molar-refractivity contribution < 1.29 is 18.3 Å². The van der Waals surface area contributed by atoms with Crippen LogP contribution < -0.4 is 10.2 Å². The lowest BCUT2D eigenvalue weighted by Crippen LogP contribution is -2.22. The Morgan fingerprint density at radius 3 is 2.74 bits per heavy atom. The van der Waals surface area contributed by atoms with E-state index in [1.807, 2.05) is 0 Å². The highest BCUT2D eigenvalue weighted by Crippen LogP contribution is 2.33. The van der Waals surface area contributed by atoms with Gasteiger partial charge in [0.2, 0.25) is 0 Å². The topological polar surface area (TPSA) is 48.4 Å². The summed E-state index contributed by atoms with van der Waals surface area (Å²) in [5.74, 6) is 0.599. The fraction of sp³-hybridized carbons (Fsp3) is 0.583. The number of aliphatic hydroxyl groups excluding tert-OH is 1. The molecular weight excluding hydrogens is 259 g/mol. The standard InChI is InChI=1S/C12H16F3N3O/c1-16-10-4-9(12(13,14)15)5-11(17-10)18-3-2-8(6-18)7-19/h4-5,8,19H,2-3,6-7H2,1H3,(H,16,17). The smallest absolute Gasteiger partial charge is 0.396 e. The second-order valence-corrected chi connectivity index (χ2v) is 4.63. The molecular formula is C12H16F3N3O. The third-order valence-corrected chi connectivity index (χ3v) is 3.26. The number of aliphatic hydroxyl groups is 1. The molecule has 0 bridgehead atoms. The molecule has 0 amide bonds. The van der Waals surface area contributed by atoms with Crippen LogP contribution in [0.25, 0.3) is 0 Å². The van der Waals surface area contributed by atoms with Gasteiger partial charge in [-0.15, -0.1) is 0 Å². The fourth-order valence-electron chi connectivity index (χ4n) is 2.16. The number of nitrogens with zero attached hydrogens (tertiary/aromatic N) is 2. The summed E-state index contributed by atoms with van der Waals surface area (Å²) in [5.41, 5.74) is -0.714. The van der Waals surface area contributed by atoms with Crippen molar-refractivity contribution in [3.8, 4) is 0 Å². The second kappa shape index (κ2) is 5.24. The summed E-state index contributed by atoms with van der Waals surface area (Å²) in [6.07, 6.45) is -3.62. The van der Waals surface area contributed by atoms with Crippen LogP contribution in [-0.2, 0) is 6.18 Å². The second-order valence-electron chi connectivity index (χ2n) is 4.63. The molecule has 1 fully saturated rings. The molecule has 1 aliphatic rings. The van der Waals surface area contributed by atoms with Crippen LogP contribution >= 0.6 is 0 Å². The van der Waals surface area contributed by atoms with Crippen molar-refractivity contribution in [2.24, 2.45) is 5.92 Å². The third kappa shape index (κ3) is 3.09. The van der Waals surface area contributed by atoms with Crippen molar-refractivity contribution >= 4 is 11.6 Å². The molecule has 1 atom stereocenters. The van der Waals surface area contributed by atoms with Crippen LogP contribution in [0.4, 0.5) is 24.8 Å². The lowest BCUT2D eigenvalue weighted by Gasteiger charge is -2.20. The molecule has 106 valence electrons. The first kappa shape index (κ1) is 13.9. The summed E-state index contributed by atoms with van der Waals surface area (Å²) < 4.78 is 38.4. The lowest BCUT2D eigenvalue weighted by atomic mass is 10.1. The van der Waals surface area contributed by atoms with Gasteiger partial charge in [0, 0.05) is 32.7 Å². The van der Waals surface area contributed by atoms with Crippen molar-refractivity contribution in [1.82, 2.24) is 4.98 Å². The van der Waals surface area contributed by atoms with Crippen LogP contribution in [0.3, 0.4) is 0 Å². The highest BCUT2D eigenvalue weighted by atomic mass is 19.4. The monoisotopic (exact) mass is 275 g/mol. The molecule has 0 spiro atoms. The minimum absolute atomic E-state index is 0.0499. The van der Waals surface area contributed by atoms with Crippen LogP contribution in [0.2, 0.25) is 0 Å². The van der Waals surface area contributed by atoms with Gasteiger partial charge in [0.1, 0.15) is 11.6 Å². The van der Waals surface area contributed by atoms with Gasteiger partial charge in [-0.05, 0) is 18.6 Å². The van der Waals surface area contributed by atoms with Crippen molar-refractivity contribution in [2.75, 3.05) is 37.0 Å². The van der Waals surface area contributed by atoms with E-state index in [-0.39, 0.29) is 18.3 Å². The molecule has 7 heteroatoms. The summed E-state index contributed by atoms with van der Waals surface area (Å²) in [7, 11) is 1.53. The van der Waals surface area contributed by atoms with Gasteiger partial charge >= 0.3 is 6.18 Å². The normalized spacial score (nSPS) is 19.8. The number of anilines is 2. The van der Waals surface area contributed by atoms with E-state index in [9.17, 15) is 13.2 Å². The molecule has 0 aliphatic carbocycles. The number of aromatic nitrogens is 1. The minimum atomic E-state index is -4.39. The van der Waals surface area contributed by atoms with Gasteiger partial charge in [-0.3, -0.25) is 0 Å². The lowest BCUT2D eigenvalue weighted by molar-refractivity contribution is -0.137. The van der Waals surface area contributed by atoms with E-state index in [0.717, 1.165) is 18.6 Å². The zero-order chi connectivity index (χ0) is 14.0. The number of nitrogens with one attached hydrogen (secondary N) is 1. The Labute approximate surface area is 109 Å². The van der Waals surface area contributed by atoms with E-state index in [1.54, 1.807) is 4.90 Å². The first-order chi connectivity index (χ1) is 8.94. The van der Waals surface area contributed by atoms with Crippen LogP contribution in [0.15, 0.2) is 12.1 Å². The maximum Gasteiger partial charge on any atom is 0.416 e. The molecule has 2 N–H and O–H groups in total. The average Bonchev–Trinajstić information content (AvgIpc) is 2.86. The molecule has 1 unspecified atom stereocenters. The molecule has 2 rings (SSSR count). The molecule has 4 nitrogen and oxygen atoms in total. The molecule has 0 radical (unpaired) electrons. The molecule has 1 aromatic heterocycles. The van der Waals surface area contributed by atoms with E-state index in [2.05, 4.69) is 10.3 Å². The van der Waals surface area contributed by atoms with E-state index in [4.69, 9.17) is 5.11 Å². The van der Waals surface area contributed by atoms with Gasteiger partial charge in [0.25, 0.3) is 0 Å². The van der Waals surface area contributed by atoms with Gasteiger partial charge in [-0.25, -0.2) is 4.98 Å². The number of rotatable bonds is 3.